The maximum atomic E-state index is 12.6. The minimum atomic E-state index is -0.373. The van der Waals surface area contributed by atoms with Crippen molar-refractivity contribution in [1.82, 2.24) is 0 Å². The summed E-state index contributed by atoms with van der Waals surface area (Å²) in [6.45, 7) is 0. The van der Waals surface area contributed by atoms with Crippen LogP contribution in [0.25, 0.3) is 10.8 Å². The van der Waals surface area contributed by atoms with Gasteiger partial charge in [-0.1, -0.05) is 46.3 Å². The third kappa shape index (κ3) is 3.10. The van der Waals surface area contributed by atoms with E-state index in [-0.39, 0.29) is 18.2 Å². The summed E-state index contributed by atoms with van der Waals surface area (Å²) in [4.78, 5) is 25.2. The van der Waals surface area contributed by atoms with E-state index in [9.17, 15) is 9.59 Å². The first kappa shape index (κ1) is 16.0. The van der Waals surface area contributed by atoms with Gasteiger partial charge in [0.05, 0.1) is 5.56 Å². The van der Waals surface area contributed by atoms with Crippen LogP contribution >= 0.6 is 15.9 Å². The molecule has 0 fully saturated rings. The van der Waals surface area contributed by atoms with E-state index in [4.69, 9.17) is 4.74 Å². The van der Waals surface area contributed by atoms with E-state index in [2.05, 4.69) is 15.9 Å². The van der Waals surface area contributed by atoms with Gasteiger partial charge in [-0.05, 0) is 47.0 Å². The van der Waals surface area contributed by atoms with Crippen molar-refractivity contribution in [3.05, 3.63) is 75.8 Å². The van der Waals surface area contributed by atoms with Crippen LogP contribution in [0, 0.1) is 0 Å². The van der Waals surface area contributed by atoms with Crippen LogP contribution in [-0.4, -0.2) is 11.8 Å². The van der Waals surface area contributed by atoms with Gasteiger partial charge in [0, 0.05) is 22.9 Å². The molecule has 0 amide bonds. The Bertz CT molecular complexity index is 1010. The van der Waals surface area contributed by atoms with Crippen LogP contribution in [0.4, 0.5) is 0 Å². The second kappa shape index (κ2) is 6.45. The van der Waals surface area contributed by atoms with Gasteiger partial charge in [0.15, 0.2) is 0 Å². The number of ether oxygens (including phenoxy) is 1. The number of rotatable bonds is 0. The fraction of sp³-hybridized carbons (Fsp3) is 0.143. The van der Waals surface area contributed by atoms with Gasteiger partial charge in [-0.15, -0.1) is 0 Å². The lowest BCUT2D eigenvalue weighted by molar-refractivity contribution is -0.118. The molecule has 3 aromatic rings. The summed E-state index contributed by atoms with van der Waals surface area (Å²) in [5.41, 5.74) is 2.16. The molecule has 0 bridgehead atoms. The lowest BCUT2D eigenvalue weighted by atomic mass is 9.95. The Morgan fingerprint density at radius 2 is 1.76 bits per heavy atom. The molecule has 0 atom stereocenters. The van der Waals surface area contributed by atoms with Crippen LogP contribution in [0.1, 0.15) is 27.9 Å². The monoisotopic (exact) mass is 394 g/mol. The first-order valence-electron chi connectivity index (χ1n) is 8.15. The summed E-state index contributed by atoms with van der Waals surface area (Å²) >= 11 is 3.47. The van der Waals surface area contributed by atoms with E-state index in [1.807, 2.05) is 42.5 Å². The molecule has 4 rings (SSSR count). The molecule has 1 aliphatic rings. The summed E-state index contributed by atoms with van der Waals surface area (Å²) in [6.07, 6.45) is 1.23. The van der Waals surface area contributed by atoms with E-state index in [1.165, 1.54) is 0 Å². The predicted octanol–water partition coefficient (Wildman–Crippen LogP) is 4.88. The average Bonchev–Trinajstić information content (AvgIpc) is 2.61. The van der Waals surface area contributed by atoms with Crippen LogP contribution in [0.3, 0.4) is 0 Å². The van der Waals surface area contributed by atoms with Crippen LogP contribution < -0.4 is 4.74 Å². The molecule has 25 heavy (non-hydrogen) atoms. The number of aryl methyl sites for hydroxylation is 1. The molecule has 1 aliphatic heterocycles. The number of fused-ring (bicyclic) bond motifs is 4. The topological polar surface area (TPSA) is 43.4 Å². The molecule has 0 aromatic heterocycles. The maximum absolute atomic E-state index is 12.6. The van der Waals surface area contributed by atoms with Gasteiger partial charge in [0.2, 0.25) is 0 Å². The van der Waals surface area contributed by atoms with Crippen LogP contribution in [0.2, 0.25) is 0 Å². The average molecular weight is 395 g/mol. The van der Waals surface area contributed by atoms with Crippen molar-refractivity contribution in [2.45, 2.75) is 19.3 Å². The van der Waals surface area contributed by atoms with E-state index < -0.39 is 0 Å². The quantitative estimate of drug-likeness (QED) is 0.403. The lowest BCUT2D eigenvalue weighted by Crippen LogP contribution is -2.16. The van der Waals surface area contributed by atoms with Gasteiger partial charge >= 0.3 is 5.97 Å². The molecule has 0 saturated carbocycles. The van der Waals surface area contributed by atoms with Crippen molar-refractivity contribution in [3.8, 4) is 5.75 Å². The van der Waals surface area contributed by atoms with Crippen molar-refractivity contribution in [3.63, 3.8) is 0 Å². The first-order chi connectivity index (χ1) is 12.1. The van der Waals surface area contributed by atoms with Crippen LogP contribution in [0.15, 0.2) is 59.1 Å². The van der Waals surface area contributed by atoms with Crippen molar-refractivity contribution in [2.75, 3.05) is 0 Å². The van der Waals surface area contributed by atoms with E-state index in [1.54, 1.807) is 12.1 Å². The minimum absolute atomic E-state index is 0.143. The smallest absolute Gasteiger partial charge is 0.343 e. The van der Waals surface area contributed by atoms with Crippen molar-refractivity contribution >= 4 is 38.5 Å². The van der Waals surface area contributed by atoms with Gasteiger partial charge < -0.3 is 4.74 Å². The number of halogens is 1. The number of Topliss-reactive ketones (excluding diaryl/α,β-unsaturated/α-hetero) is 1. The maximum Gasteiger partial charge on any atom is 0.343 e. The van der Waals surface area contributed by atoms with Gasteiger partial charge in [-0.25, -0.2) is 4.79 Å². The molecule has 0 radical (unpaired) electrons. The highest BCUT2D eigenvalue weighted by atomic mass is 79.9. The summed E-state index contributed by atoms with van der Waals surface area (Å²) < 4.78 is 6.65. The molecule has 0 aliphatic carbocycles. The SMILES string of the molecule is O=C1CCc2ccccc2C(=O)Oc2ccc3cc(Br)ccc3c2C1. The normalized spacial score (nSPS) is 14.6. The Morgan fingerprint density at radius 1 is 0.920 bits per heavy atom. The second-order valence-corrected chi connectivity index (χ2v) is 7.09. The van der Waals surface area contributed by atoms with E-state index in [0.29, 0.717) is 24.2 Å². The molecule has 124 valence electrons. The molecule has 3 nitrogen and oxygen atoms in total. The summed E-state index contributed by atoms with van der Waals surface area (Å²) in [6, 6.07) is 16.9. The third-order valence-electron chi connectivity index (χ3n) is 4.54. The van der Waals surface area contributed by atoms with Crippen LogP contribution in [-0.2, 0) is 17.6 Å². The van der Waals surface area contributed by atoms with E-state index >= 15 is 0 Å². The zero-order valence-corrected chi connectivity index (χ0v) is 15.0. The third-order valence-corrected chi connectivity index (χ3v) is 5.03. The van der Waals surface area contributed by atoms with Gasteiger partial charge in [-0.2, -0.15) is 0 Å². The fourth-order valence-electron chi connectivity index (χ4n) is 3.27. The zero-order valence-electron chi connectivity index (χ0n) is 13.4. The van der Waals surface area contributed by atoms with Crippen LogP contribution in [0.5, 0.6) is 5.75 Å². The number of hydrogen-bond donors (Lipinski definition) is 0. The number of esters is 1. The number of ketones is 1. The summed E-state index contributed by atoms with van der Waals surface area (Å²) in [5, 5.41) is 1.95. The standard InChI is InChI=1S/C21H15BrO3/c22-15-7-9-17-14(11-15)6-10-20-19(17)12-16(23)8-5-13-3-1-2-4-18(13)21(24)25-20/h1-4,6-7,9-11H,5,8,12H2. The Kier molecular flexibility index (Phi) is 4.14. The molecule has 0 saturated heterocycles. The highest BCUT2D eigenvalue weighted by Gasteiger charge is 2.21. The molecule has 0 spiro atoms. The largest absolute Gasteiger partial charge is 0.423 e. The molecular formula is C21H15BrO3. The second-order valence-electron chi connectivity index (χ2n) is 6.17. The predicted molar refractivity (Wildman–Crippen MR) is 100 cm³/mol. The Labute approximate surface area is 153 Å². The minimum Gasteiger partial charge on any atom is -0.423 e. The molecular weight excluding hydrogens is 380 g/mol. The number of benzene rings is 3. The molecule has 1 heterocycles. The number of carbonyl (C=O) groups is 2. The van der Waals surface area contributed by atoms with Crippen molar-refractivity contribution < 1.29 is 14.3 Å². The highest BCUT2D eigenvalue weighted by molar-refractivity contribution is 9.10. The van der Waals surface area contributed by atoms with Gasteiger partial charge in [0.1, 0.15) is 11.5 Å². The molecule has 4 heteroatoms. The number of hydrogen-bond acceptors (Lipinski definition) is 3. The van der Waals surface area contributed by atoms with Gasteiger partial charge in [-0.3, -0.25) is 4.79 Å². The van der Waals surface area contributed by atoms with Crippen molar-refractivity contribution in [2.24, 2.45) is 0 Å². The zero-order chi connectivity index (χ0) is 17.4. The summed E-state index contributed by atoms with van der Waals surface area (Å²) in [7, 11) is 0. The highest BCUT2D eigenvalue weighted by Crippen LogP contribution is 2.32. The molecule has 0 unspecified atom stereocenters. The number of carbonyl (C=O) groups excluding carboxylic acids is 2. The first-order valence-corrected chi connectivity index (χ1v) is 8.94. The summed E-state index contributed by atoms with van der Waals surface area (Å²) in [5.74, 6) is 0.233. The van der Waals surface area contributed by atoms with E-state index in [0.717, 1.165) is 26.4 Å². The Morgan fingerprint density at radius 3 is 2.64 bits per heavy atom. The Hall–Kier alpha value is -2.46. The molecule has 3 aromatic carbocycles. The fourth-order valence-corrected chi connectivity index (χ4v) is 3.65. The van der Waals surface area contributed by atoms with Gasteiger partial charge in [0.25, 0.3) is 0 Å². The Balaban J connectivity index is 1.88. The molecule has 0 N–H and O–H groups in total. The van der Waals surface area contributed by atoms with Crippen molar-refractivity contribution in [1.29, 1.82) is 0 Å². The lowest BCUT2D eigenvalue weighted by Gasteiger charge is -2.16.